The normalized spacial score (nSPS) is 33.8. The van der Waals surface area contributed by atoms with Crippen LogP contribution in [0.25, 0.3) is 0 Å². The van der Waals surface area contributed by atoms with Crippen LogP contribution in [0.2, 0.25) is 0 Å². The molecule has 14 heteroatoms. The van der Waals surface area contributed by atoms with Gasteiger partial charge in [-0.05, 0) is 0 Å². The highest BCUT2D eigenvalue weighted by atomic mass is 16.7. The molecular formula is C26H34O14. The van der Waals surface area contributed by atoms with Gasteiger partial charge in [-0.1, -0.05) is 23.7 Å². The molecule has 2 fully saturated rings. The first kappa shape index (κ1) is 32.0. The van der Waals surface area contributed by atoms with Gasteiger partial charge in [0.1, 0.15) is 73.5 Å². The van der Waals surface area contributed by atoms with Crippen LogP contribution in [0.5, 0.6) is 11.5 Å². The van der Waals surface area contributed by atoms with Crippen LogP contribution < -0.4 is 9.47 Å². The van der Waals surface area contributed by atoms with E-state index in [1.165, 1.54) is 14.2 Å². The molecule has 2 aliphatic heterocycles. The summed E-state index contributed by atoms with van der Waals surface area (Å²) in [6.45, 7) is -1.62. The number of aliphatic hydroxyl groups excluding tert-OH is 8. The van der Waals surface area contributed by atoms with Crippen molar-refractivity contribution in [3.8, 4) is 35.2 Å². The second-order valence-corrected chi connectivity index (χ2v) is 8.87. The summed E-state index contributed by atoms with van der Waals surface area (Å²) in [5.74, 6) is 11.8. The molecule has 10 atom stereocenters. The molecule has 14 nitrogen and oxygen atoms in total. The molecule has 0 radical (unpaired) electrons. The fraction of sp³-hybridized carbons (Fsp3) is 0.615. The molecule has 1 aromatic rings. The molecule has 0 aliphatic carbocycles. The monoisotopic (exact) mass is 570 g/mol. The van der Waals surface area contributed by atoms with Crippen molar-refractivity contribution >= 4 is 0 Å². The quantitative estimate of drug-likeness (QED) is 0.140. The summed E-state index contributed by atoms with van der Waals surface area (Å²) in [5, 5.41) is 78.0. The lowest BCUT2D eigenvalue weighted by Crippen LogP contribution is -2.59. The summed E-state index contributed by atoms with van der Waals surface area (Å²) >= 11 is 0. The third kappa shape index (κ3) is 7.39. The van der Waals surface area contributed by atoms with E-state index in [9.17, 15) is 40.9 Å². The molecule has 2 aliphatic rings. The van der Waals surface area contributed by atoms with Gasteiger partial charge >= 0.3 is 0 Å². The first-order valence-corrected chi connectivity index (χ1v) is 12.2. The highest BCUT2D eigenvalue weighted by Crippen LogP contribution is 2.28. The molecule has 222 valence electrons. The molecule has 0 spiro atoms. The Bertz CT molecular complexity index is 1000. The topological polar surface area (TPSA) is 217 Å². The summed E-state index contributed by atoms with van der Waals surface area (Å²) in [7, 11) is 2.85. The van der Waals surface area contributed by atoms with Crippen LogP contribution in [-0.4, -0.2) is 143 Å². The number of ether oxygens (including phenoxy) is 6. The van der Waals surface area contributed by atoms with Crippen LogP contribution in [-0.2, 0) is 18.9 Å². The molecule has 2 heterocycles. The fourth-order valence-corrected chi connectivity index (χ4v) is 4.01. The highest BCUT2D eigenvalue weighted by Gasteiger charge is 2.44. The summed E-state index contributed by atoms with van der Waals surface area (Å²) in [6, 6.07) is 3.14. The maximum Gasteiger partial charge on any atom is 0.187 e. The summed E-state index contributed by atoms with van der Waals surface area (Å²) in [4.78, 5) is 0. The average molecular weight is 571 g/mol. The average Bonchev–Trinajstić information content (AvgIpc) is 2.97. The van der Waals surface area contributed by atoms with Gasteiger partial charge in [0.05, 0.1) is 38.6 Å². The van der Waals surface area contributed by atoms with Crippen LogP contribution >= 0.6 is 0 Å². The summed E-state index contributed by atoms with van der Waals surface area (Å²) in [5.41, 5.74) is 0.833. The number of hydrogen-bond acceptors (Lipinski definition) is 14. The minimum Gasteiger partial charge on any atom is -0.495 e. The van der Waals surface area contributed by atoms with Gasteiger partial charge in [0.2, 0.25) is 0 Å². The maximum absolute atomic E-state index is 10.0. The lowest BCUT2D eigenvalue weighted by atomic mass is 9.99. The zero-order chi connectivity index (χ0) is 29.4. The highest BCUT2D eigenvalue weighted by molar-refractivity contribution is 5.58. The van der Waals surface area contributed by atoms with Crippen LogP contribution in [0.15, 0.2) is 12.1 Å². The number of aliphatic hydroxyl groups is 8. The Balaban J connectivity index is 1.64. The maximum atomic E-state index is 10.0. The largest absolute Gasteiger partial charge is 0.495 e. The number of hydrogen-bond donors (Lipinski definition) is 8. The SMILES string of the molecule is COc1cc(C#CCO[C@@H]2O[C@H](CO)[C@@H](O)[C@H](O)[C@H]2O)c(OC)cc1C#CCO[C@@H]1O[C@H](CO)[C@@H](O)[C@H](O)[C@H]1O. The predicted molar refractivity (Wildman–Crippen MR) is 133 cm³/mol. The van der Waals surface area contributed by atoms with Gasteiger partial charge in [0.25, 0.3) is 0 Å². The Labute approximate surface area is 230 Å². The zero-order valence-corrected chi connectivity index (χ0v) is 21.8. The smallest absolute Gasteiger partial charge is 0.187 e. The van der Waals surface area contributed by atoms with Crippen molar-refractivity contribution in [1.29, 1.82) is 0 Å². The summed E-state index contributed by atoms with van der Waals surface area (Å²) in [6.07, 6.45) is -14.0. The second-order valence-electron chi connectivity index (χ2n) is 8.87. The molecule has 40 heavy (non-hydrogen) atoms. The molecule has 0 unspecified atom stereocenters. The Morgan fingerprint density at radius 3 is 1.32 bits per heavy atom. The first-order valence-electron chi connectivity index (χ1n) is 12.2. The van der Waals surface area contributed by atoms with E-state index in [0.717, 1.165) is 0 Å². The van der Waals surface area contributed by atoms with Crippen molar-refractivity contribution in [1.82, 2.24) is 0 Å². The van der Waals surface area contributed by atoms with Gasteiger partial charge in [-0.2, -0.15) is 0 Å². The van der Waals surface area contributed by atoms with Crippen LogP contribution in [0, 0.1) is 23.7 Å². The molecular weight excluding hydrogens is 536 g/mol. The van der Waals surface area contributed by atoms with Crippen LogP contribution in [0.1, 0.15) is 11.1 Å². The van der Waals surface area contributed by atoms with E-state index < -0.39 is 74.6 Å². The summed E-state index contributed by atoms with van der Waals surface area (Å²) < 4.78 is 32.0. The Morgan fingerprint density at radius 2 is 1.00 bits per heavy atom. The molecule has 1 aromatic carbocycles. The van der Waals surface area contributed by atoms with Crippen molar-refractivity contribution in [3.05, 3.63) is 23.3 Å². The van der Waals surface area contributed by atoms with Crippen molar-refractivity contribution in [3.63, 3.8) is 0 Å². The molecule has 0 saturated carbocycles. The van der Waals surface area contributed by atoms with E-state index >= 15 is 0 Å². The van der Waals surface area contributed by atoms with E-state index in [0.29, 0.717) is 22.6 Å². The van der Waals surface area contributed by atoms with Gasteiger partial charge in [0.15, 0.2) is 12.6 Å². The number of benzene rings is 1. The molecule has 0 amide bonds. The zero-order valence-electron chi connectivity index (χ0n) is 21.8. The predicted octanol–water partition coefficient (Wildman–Crippen LogP) is -3.96. The van der Waals surface area contributed by atoms with E-state index in [1.807, 2.05) is 0 Å². The minimum absolute atomic E-state index is 0.231. The van der Waals surface area contributed by atoms with Gasteiger partial charge in [-0.25, -0.2) is 0 Å². The van der Waals surface area contributed by atoms with Crippen LogP contribution in [0.3, 0.4) is 0 Å². The van der Waals surface area contributed by atoms with E-state index in [-0.39, 0.29) is 13.2 Å². The van der Waals surface area contributed by atoms with Crippen molar-refractivity contribution in [2.45, 2.75) is 61.4 Å². The van der Waals surface area contributed by atoms with Gasteiger partial charge in [-0.15, -0.1) is 0 Å². The lowest BCUT2D eigenvalue weighted by molar-refractivity contribution is -0.298. The minimum atomic E-state index is -1.57. The fourth-order valence-electron chi connectivity index (χ4n) is 4.01. The standard InChI is InChI=1S/C26H34O14/c1-35-15-9-14(6-4-8-38-26-24(34)22(32)20(30)18(12-28)40-26)16(36-2)10-13(15)5-3-7-37-25-23(33)21(31)19(29)17(11-27)39-25/h9-10,17-34H,7-8,11-12H2,1-2H3/t17-,18-,19-,20-,21+,22+,23-,24-,25-,26-/m1/s1. The molecule has 3 rings (SSSR count). The second kappa shape index (κ2) is 14.9. The molecule has 0 bridgehead atoms. The van der Waals surface area contributed by atoms with Crippen molar-refractivity contribution < 1.29 is 69.3 Å². The van der Waals surface area contributed by atoms with Gasteiger partial charge in [0, 0.05) is 12.1 Å². The van der Waals surface area contributed by atoms with E-state index in [4.69, 9.17) is 28.4 Å². The third-order valence-corrected chi connectivity index (χ3v) is 6.30. The third-order valence-electron chi connectivity index (χ3n) is 6.30. The Hall–Kier alpha value is -2.54. The Morgan fingerprint density at radius 1 is 0.625 bits per heavy atom. The molecule has 8 N–H and O–H groups in total. The van der Waals surface area contributed by atoms with Crippen LogP contribution in [0.4, 0.5) is 0 Å². The van der Waals surface area contributed by atoms with Gasteiger partial charge < -0.3 is 69.3 Å². The number of methoxy groups -OCH3 is 2. The molecule has 0 aromatic heterocycles. The van der Waals surface area contributed by atoms with E-state index in [2.05, 4.69) is 23.7 Å². The Kier molecular flexibility index (Phi) is 11.9. The number of rotatable bonds is 8. The van der Waals surface area contributed by atoms with Crippen molar-refractivity contribution in [2.75, 3.05) is 40.6 Å². The van der Waals surface area contributed by atoms with Crippen molar-refractivity contribution in [2.24, 2.45) is 0 Å². The molecule has 2 saturated heterocycles. The first-order chi connectivity index (χ1) is 19.2. The lowest BCUT2D eigenvalue weighted by Gasteiger charge is -2.39. The van der Waals surface area contributed by atoms with Gasteiger partial charge in [-0.3, -0.25) is 0 Å². The van der Waals surface area contributed by atoms with E-state index in [1.54, 1.807) is 12.1 Å².